The van der Waals surface area contributed by atoms with Gasteiger partial charge in [0.1, 0.15) is 0 Å². The average Bonchev–Trinajstić information content (AvgIpc) is 2.14. The molecule has 0 radical (unpaired) electrons. The van der Waals surface area contributed by atoms with Crippen molar-refractivity contribution in [2.75, 3.05) is 13.6 Å². The summed E-state index contributed by atoms with van der Waals surface area (Å²) >= 11 is 11.4. The molecule has 0 spiro atoms. The van der Waals surface area contributed by atoms with Crippen LogP contribution in [0.4, 0.5) is 0 Å². The van der Waals surface area contributed by atoms with Gasteiger partial charge in [-0.05, 0) is 18.2 Å². The Kier molecular flexibility index (Phi) is 4.37. The van der Waals surface area contributed by atoms with Crippen LogP contribution in [0.5, 0.6) is 0 Å². The zero-order chi connectivity index (χ0) is 13.2. The van der Waals surface area contributed by atoms with Crippen LogP contribution in [-0.2, 0) is 14.8 Å². The molecular formula is C9H10Cl2N2O3S. The fourth-order valence-electron chi connectivity index (χ4n) is 1.16. The lowest BCUT2D eigenvalue weighted by Crippen LogP contribution is -2.35. The van der Waals surface area contributed by atoms with Gasteiger partial charge in [0, 0.05) is 17.1 Å². The molecule has 0 aromatic heterocycles. The van der Waals surface area contributed by atoms with Crippen LogP contribution in [0.25, 0.3) is 0 Å². The number of carbonyl (C=O) groups excluding carboxylic acids is 1. The first-order valence-corrected chi connectivity index (χ1v) is 6.64. The van der Waals surface area contributed by atoms with E-state index in [0.29, 0.717) is 0 Å². The number of nitrogens with two attached hydrogens (primary N) is 1. The Morgan fingerprint density at radius 1 is 1.29 bits per heavy atom. The summed E-state index contributed by atoms with van der Waals surface area (Å²) in [6.07, 6.45) is 0. The van der Waals surface area contributed by atoms with Crippen molar-refractivity contribution in [2.24, 2.45) is 5.73 Å². The van der Waals surface area contributed by atoms with E-state index < -0.39 is 22.5 Å². The number of halogens is 2. The van der Waals surface area contributed by atoms with Gasteiger partial charge in [-0.3, -0.25) is 4.79 Å². The van der Waals surface area contributed by atoms with Crippen molar-refractivity contribution in [3.63, 3.8) is 0 Å². The van der Waals surface area contributed by atoms with Gasteiger partial charge in [0.05, 0.1) is 11.4 Å². The molecule has 94 valence electrons. The van der Waals surface area contributed by atoms with Gasteiger partial charge in [-0.25, -0.2) is 8.42 Å². The molecule has 1 amide bonds. The van der Waals surface area contributed by atoms with Crippen molar-refractivity contribution < 1.29 is 13.2 Å². The molecule has 0 unspecified atom stereocenters. The summed E-state index contributed by atoms with van der Waals surface area (Å²) in [5.74, 6) is -0.746. The third-order valence-electron chi connectivity index (χ3n) is 1.92. The number of hydrogen-bond donors (Lipinski definition) is 1. The summed E-state index contributed by atoms with van der Waals surface area (Å²) in [6.45, 7) is -0.410. The van der Waals surface area contributed by atoms with Gasteiger partial charge in [-0.1, -0.05) is 23.2 Å². The number of hydrogen-bond acceptors (Lipinski definition) is 3. The van der Waals surface area contributed by atoms with E-state index in [1.807, 2.05) is 0 Å². The minimum Gasteiger partial charge on any atom is -0.369 e. The first-order valence-electron chi connectivity index (χ1n) is 4.44. The summed E-state index contributed by atoms with van der Waals surface area (Å²) in [4.78, 5) is 10.6. The zero-order valence-corrected chi connectivity index (χ0v) is 11.2. The summed E-state index contributed by atoms with van der Waals surface area (Å²) < 4.78 is 24.8. The van der Waals surface area contributed by atoms with Gasteiger partial charge in [0.15, 0.2) is 0 Å². The van der Waals surface area contributed by atoms with Gasteiger partial charge in [0.25, 0.3) is 0 Å². The maximum atomic E-state index is 12.0. The molecule has 0 aliphatic carbocycles. The molecule has 0 saturated carbocycles. The molecule has 0 fully saturated rings. The predicted octanol–water partition coefficient (Wildman–Crippen LogP) is 1.10. The molecule has 8 heteroatoms. The molecule has 1 aromatic rings. The van der Waals surface area contributed by atoms with Crippen LogP contribution in [0, 0.1) is 0 Å². The van der Waals surface area contributed by atoms with Crippen LogP contribution >= 0.6 is 23.2 Å². The quantitative estimate of drug-likeness (QED) is 0.903. The van der Waals surface area contributed by atoms with E-state index in [1.54, 1.807) is 0 Å². The summed E-state index contributed by atoms with van der Waals surface area (Å²) in [6, 6.07) is 3.91. The van der Waals surface area contributed by atoms with Gasteiger partial charge in [0.2, 0.25) is 15.9 Å². The lowest BCUT2D eigenvalue weighted by Gasteiger charge is -2.15. The lowest BCUT2D eigenvalue weighted by atomic mass is 10.4. The number of amides is 1. The molecule has 2 N–H and O–H groups in total. The van der Waals surface area contributed by atoms with Crippen LogP contribution in [0.2, 0.25) is 10.0 Å². The molecule has 0 atom stereocenters. The molecule has 0 bridgehead atoms. The van der Waals surface area contributed by atoms with E-state index in [4.69, 9.17) is 28.9 Å². The van der Waals surface area contributed by atoms with E-state index in [0.717, 1.165) is 4.31 Å². The second-order valence-electron chi connectivity index (χ2n) is 3.33. The molecule has 0 saturated heterocycles. The van der Waals surface area contributed by atoms with Crippen LogP contribution in [-0.4, -0.2) is 32.2 Å². The second kappa shape index (κ2) is 5.22. The SMILES string of the molecule is CN(CC(N)=O)S(=O)(=O)c1cc(Cl)cc(Cl)c1. The Labute approximate surface area is 109 Å². The van der Waals surface area contributed by atoms with Crippen LogP contribution in [0.3, 0.4) is 0 Å². The van der Waals surface area contributed by atoms with Gasteiger partial charge in [-0.2, -0.15) is 4.31 Å². The van der Waals surface area contributed by atoms with Crippen molar-refractivity contribution in [1.82, 2.24) is 4.31 Å². The predicted molar refractivity (Wildman–Crippen MR) is 65.5 cm³/mol. The molecule has 1 aromatic carbocycles. The number of carbonyl (C=O) groups is 1. The largest absolute Gasteiger partial charge is 0.369 e. The van der Waals surface area contributed by atoms with E-state index >= 15 is 0 Å². The highest BCUT2D eigenvalue weighted by Crippen LogP contribution is 2.24. The van der Waals surface area contributed by atoms with E-state index in [1.165, 1.54) is 25.2 Å². The summed E-state index contributed by atoms with van der Waals surface area (Å²) in [5, 5.41) is 0.395. The third-order valence-corrected chi connectivity index (χ3v) is 4.14. The lowest BCUT2D eigenvalue weighted by molar-refractivity contribution is -0.118. The zero-order valence-electron chi connectivity index (χ0n) is 8.85. The van der Waals surface area contributed by atoms with Crippen molar-refractivity contribution in [1.29, 1.82) is 0 Å². The molecule has 0 aliphatic heterocycles. The highest BCUT2D eigenvalue weighted by Gasteiger charge is 2.22. The first kappa shape index (κ1) is 14.2. The Balaban J connectivity index is 3.17. The monoisotopic (exact) mass is 296 g/mol. The number of likely N-dealkylation sites (N-methyl/N-ethyl adjacent to an activating group) is 1. The van der Waals surface area contributed by atoms with Gasteiger partial charge < -0.3 is 5.73 Å². The smallest absolute Gasteiger partial charge is 0.243 e. The average molecular weight is 297 g/mol. The summed E-state index contributed by atoms with van der Waals surface area (Å²) in [5.41, 5.74) is 4.93. The van der Waals surface area contributed by atoms with Gasteiger partial charge >= 0.3 is 0 Å². The van der Waals surface area contributed by atoms with Crippen molar-refractivity contribution in [3.05, 3.63) is 28.2 Å². The normalized spacial score (nSPS) is 11.8. The second-order valence-corrected chi connectivity index (χ2v) is 6.25. The first-order chi connectivity index (χ1) is 7.73. The van der Waals surface area contributed by atoms with Crippen molar-refractivity contribution in [3.8, 4) is 0 Å². The van der Waals surface area contributed by atoms with E-state index in [2.05, 4.69) is 0 Å². The van der Waals surface area contributed by atoms with Crippen molar-refractivity contribution in [2.45, 2.75) is 4.90 Å². The number of benzene rings is 1. The third kappa shape index (κ3) is 3.57. The molecular weight excluding hydrogens is 287 g/mol. The van der Waals surface area contributed by atoms with Crippen LogP contribution in [0.1, 0.15) is 0 Å². The minimum absolute atomic E-state index is 0.0845. The standard InChI is InChI=1S/C9H10Cl2N2O3S/c1-13(5-9(12)14)17(15,16)8-3-6(10)2-7(11)4-8/h2-4H,5H2,1H3,(H2,12,14). The number of rotatable bonds is 4. The Bertz CT molecular complexity index is 525. The molecule has 0 heterocycles. The van der Waals surface area contributed by atoms with Crippen LogP contribution in [0.15, 0.2) is 23.1 Å². The number of sulfonamides is 1. The highest BCUT2D eigenvalue weighted by atomic mass is 35.5. The van der Waals surface area contributed by atoms with E-state index in [-0.39, 0.29) is 14.9 Å². The van der Waals surface area contributed by atoms with Crippen molar-refractivity contribution >= 4 is 39.1 Å². The number of primary amides is 1. The Morgan fingerprint density at radius 3 is 2.18 bits per heavy atom. The maximum absolute atomic E-state index is 12.0. The summed E-state index contributed by atoms with van der Waals surface area (Å²) in [7, 11) is -2.57. The Hall–Kier alpha value is -0.820. The number of nitrogens with zero attached hydrogens (tertiary/aromatic N) is 1. The molecule has 5 nitrogen and oxygen atoms in total. The van der Waals surface area contributed by atoms with Gasteiger partial charge in [-0.15, -0.1) is 0 Å². The fraction of sp³-hybridized carbons (Fsp3) is 0.222. The van der Waals surface area contributed by atoms with E-state index in [9.17, 15) is 13.2 Å². The topological polar surface area (TPSA) is 80.5 Å². The molecule has 1 rings (SSSR count). The highest BCUT2D eigenvalue weighted by molar-refractivity contribution is 7.89. The fourth-order valence-corrected chi connectivity index (χ4v) is 3.03. The van der Waals surface area contributed by atoms with Crippen LogP contribution < -0.4 is 5.73 Å². The molecule has 0 aliphatic rings. The molecule has 17 heavy (non-hydrogen) atoms. The minimum atomic E-state index is -3.82. The Morgan fingerprint density at radius 2 is 1.76 bits per heavy atom. The maximum Gasteiger partial charge on any atom is 0.243 e.